The average Bonchev–Trinajstić information content (AvgIpc) is 3.36. The number of nitrogens with zero attached hydrogens (tertiary/aromatic N) is 4. The predicted octanol–water partition coefficient (Wildman–Crippen LogP) is 5.86. The third-order valence-corrected chi connectivity index (χ3v) is 5.26. The van der Waals surface area contributed by atoms with E-state index >= 15 is 0 Å². The molecular weight excluding hydrogens is 473 g/mol. The lowest BCUT2D eigenvalue weighted by molar-refractivity contribution is -0.137. The third-order valence-electron chi connectivity index (χ3n) is 3.77. The standard InChI is InChI=1S/C18H10BrF3N4O2S/c19-13-4-2-1-3-12(13)16-24-25-17(27-16)29-9-14-23-15(26-28-14)10-5-7-11(8-6-10)18(20,21)22/h1-8H,9H2. The van der Waals surface area contributed by atoms with Gasteiger partial charge in [-0.05, 0) is 40.2 Å². The number of thioether (sulfide) groups is 1. The Morgan fingerprint density at radius 3 is 2.48 bits per heavy atom. The molecule has 0 radical (unpaired) electrons. The molecule has 0 aliphatic heterocycles. The summed E-state index contributed by atoms with van der Waals surface area (Å²) in [6.07, 6.45) is -4.39. The quantitative estimate of drug-likeness (QED) is 0.329. The highest BCUT2D eigenvalue weighted by atomic mass is 79.9. The summed E-state index contributed by atoms with van der Waals surface area (Å²) in [6.45, 7) is 0. The zero-order chi connectivity index (χ0) is 20.4. The van der Waals surface area contributed by atoms with Crippen molar-refractivity contribution in [2.75, 3.05) is 0 Å². The van der Waals surface area contributed by atoms with Crippen LogP contribution in [0.3, 0.4) is 0 Å². The molecular formula is C18H10BrF3N4O2S. The Balaban J connectivity index is 1.42. The van der Waals surface area contributed by atoms with Crippen molar-refractivity contribution in [3.05, 3.63) is 64.5 Å². The number of hydrogen-bond donors (Lipinski definition) is 0. The summed E-state index contributed by atoms with van der Waals surface area (Å²) in [5, 5.41) is 12.1. The van der Waals surface area contributed by atoms with Crippen molar-refractivity contribution < 1.29 is 22.1 Å². The van der Waals surface area contributed by atoms with Gasteiger partial charge < -0.3 is 8.94 Å². The van der Waals surface area contributed by atoms with Crippen LogP contribution in [-0.4, -0.2) is 20.3 Å². The van der Waals surface area contributed by atoms with Crippen molar-refractivity contribution in [1.82, 2.24) is 20.3 Å². The van der Waals surface area contributed by atoms with Crippen molar-refractivity contribution in [2.24, 2.45) is 0 Å². The number of aromatic nitrogens is 4. The van der Waals surface area contributed by atoms with Gasteiger partial charge >= 0.3 is 6.18 Å². The number of halogens is 4. The van der Waals surface area contributed by atoms with Gasteiger partial charge in [0.2, 0.25) is 17.6 Å². The van der Waals surface area contributed by atoms with Gasteiger partial charge in [-0.15, -0.1) is 10.2 Å². The van der Waals surface area contributed by atoms with E-state index in [2.05, 4.69) is 36.3 Å². The van der Waals surface area contributed by atoms with Crippen LogP contribution in [0.2, 0.25) is 0 Å². The first kappa shape index (κ1) is 19.6. The molecule has 0 spiro atoms. The number of hydrogen-bond acceptors (Lipinski definition) is 7. The molecule has 2 aromatic carbocycles. The van der Waals surface area contributed by atoms with Crippen LogP contribution in [0.25, 0.3) is 22.8 Å². The van der Waals surface area contributed by atoms with E-state index in [9.17, 15) is 13.2 Å². The van der Waals surface area contributed by atoms with E-state index in [0.29, 0.717) is 16.7 Å². The highest BCUT2D eigenvalue weighted by Gasteiger charge is 2.30. The first-order valence-corrected chi connectivity index (χ1v) is 9.89. The number of benzene rings is 2. The van der Waals surface area contributed by atoms with Gasteiger partial charge in [-0.25, -0.2) is 0 Å². The second-order valence-electron chi connectivity index (χ2n) is 5.73. The molecule has 0 N–H and O–H groups in total. The van der Waals surface area contributed by atoms with Crippen LogP contribution in [0.1, 0.15) is 11.5 Å². The highest BCUT2D eigenvalue weighted by molar-refractivity contribution is 9.10. The van der Waals surface area contributed by atoms with Gasteiger partial charge in [-0.2, -0.15) is 18.2 Å². The Morgan fingerprint density at radius 2 is 1.76 bits per heavy atom. The van der Waals surface area contributed by atoms with Crippen LogP contribution in [0, 0.1) is 0 Å². The lowest BCUT2D eigenvalue weighted by Crippen LogP contribution is -2.04. The van der Waals surface area contributed by atoms with Gasteiger partial charge in [-0.3, -0.25) is 0 Å². The van der Waals surface area contributed by atoms with Crippen LogP contribution < -0.4 is 0 Å². The summed E-state index contributed by atoms with van der Waals surface area (Å²) in [4.78, 5) is 4.19. The van der Waals surface area contributed by atoms with E-state index in [-0.39, 0.29) is 17.5 Å². The fourth-order valence-electron chi connectivity index (χ4n) is 2.37. The minimum Gasteiger partial charge on any atom is -0.411 e. The van der Waals surface area contributed by atoms with Gasteiger partial charge in [-0.1, -0.05) is 41.2 Å². The molecule has 148 valence electrons. The minimum atomic E-state index is -4.39. The molecule has 0 bridgehead atoms. The summed E-state index contributed by atoms with van der Waals surface area (Å²) >= 11 is 4.64. The lowest BCUT2D eigenvalue weighted by Gasteiger charge is -2.05. The van der Waals surface area contributed by atoms with Gasteiger partial charge in [0.15, 0.2) is 0 Å². The molecule has 0 fully saturated rings. The highest BCUT2D eigenvalue weighted by Crippen LogP contribution is 2.32. The molecule has 2 aromatic heterocycles. The molecule has 0 aliphatic rings. The lowest BCUT2D eigenvalue weighted by atomic mass is 10.1. The van der Waals surface area contributed by atoms with Crippen LogP contribution >= 0.6 is 27.7 Å². The van der Waals surface area contributed by atoms with Crippen molar-refractivity contribution in [1.29, 1.82) is 0 Å². The molecule has 6 nitrogen and oxygen atoms in total. The molecule has 4 rings (SSSR count). The van der Waals surface area contributed by atoms with E-state index < -0.39 is 11.7 Å². The van der Waals surface area contributed by atoms with Crippen molar-refractivity contribution in [2.45, 2.75) is 17.2 Å². The zero-order valence-corrected chi connectivity index (χ0v) is 16.8. The van der Waals surface area contributed by atoms with Crippen molar-refractivity contribution in [3.8, 4) is 22.8 Å². The summed E-state index contributed by atoms with van der Waals surface area (Å²) < 4.78 is 49.5. The Bertz CT molecular complexity index is 1130. The molecule has 0 unspecified atom stereocenters. The Hall–Kier alpha value is -2.66. The van der Waals surface area contributed by atoms with E-state index in [4.69, 9.17) is 8.94 Å². The Labute approximate surface area is 174 Å². The van der Waals surface area contributed by atoms with Gasteiger partial charge in [0, 0.05) is 10.0 Å². The van der Waals surface area contributed by atoms with Crippen LogP contribution in [0.15, 0.2) is 67.2 Å². The maximum atomic E-state index is 12.6. The molecule has 0 atom stereocenters. The zero-order valence-electron chi connectivity index (χ0n) is 14.4. The second-order valence-corrected chi connectivity index (χ2v) is 7.51. The SMILES string of the molecule is FC(F)(F)c1ccc(-c2noc(CSc3nnc(-c4ccccc4Br)o3)n2)cc1. The normalized spacial score (nSPS) is 11.7. The van der Waals surface area contributed by atoms with Crippen molar-refractivity contribution in [3.63, 3.8) is 0 Å². The molecule has 4 aromatic rings. The Kier molecular flexibility index (Phi) is 5.41. The molecule has 29 heavy (non-hydrogen) atoms. The van der Waals surface area contributed by atoms with E-state index in [0.717, 1.165) is 22.2 Å². The topological polar surface area (TPSA) is 77.8 Å². The van der Waals surface area contributed by atoms with Gasteiger partial charge in [0.05, 0.1) is 16.9 Å². The van der Waals surface area contributed by atoms with Crippen molar-refractivity contribution >= 4 is 27.7 Å². The molecule has 0 aliphatic carbocycles. The summed E-state index contributed by atoms with van der Waals surface area (Å²) in [5.74, 6) is 1.13. The van der Waals surface area contributed by atoms with Crippen LogP contribution in [0.4, 0.5) is 13.2 Å². The van der Waals surface area contributed by atoms with Gasteiger partial charge in [0.1, 0.15) is 0 Å². The van der Waals surface area contributed by atoms with E-state index in [1.54, 1.807) is 0 Å². The third kappa shape index (κ3) is 4.51. The summed E-state index contributed by atoms with van der Waals surface area (Å²) in [7, 11) is 0. The molecule has 0 saturated carbocycles. The summed E-state index contributed by atoms with van der Waals surface area (Å²) in [5.41, 5.74) is 0.457. The molecule has 11 heteroatoms. The molecule has 2 heterocycles. The fraction of sp³-hybridized carbons (Fsp3) is 0.111. The fourth-order valence-corrected chi connectivity index (χ4v) is 3.43. The average molecular weight is 483 g/mol. The maximum Gasteiger partial charge on any atom is 0.416 e. The Morgan fingerprint density at radius 1 is 1.00 bits per heavy atom. The van der Waals surface area contributed by atoms with E-state index in [1.807, 2.05) is 24.3 Å². The second kappa shape index (κ2) is 7.99. The smallest absolute Gasteiger partial charge is 0.411 e. The van der Waals surface area contributed by atoms with Crippen LogP contribution in [-0.2, 0) is 11.9 Å². The summed E-state index contributed by atoms with van der Waals surface area (Å²) in [6, 6.07) is 12.0. The molecule has 0 amide bonds. The number of alkyl halides is 3. The first-order chi connectivity index (χ1) is 13.9. The number of rotatable bonds is 5. The monoisotopic (exact) mass is 482 g/mol. The first-order valence-electron chi connectivity index (χ1n) is 8.11. The largest absolute Gasteiger partial charge is 0.416 e. The van der Waals surface area contributed by atoms with Crippen LogP contribution in [0.5, 0.6) is 0 Å². The minimum absolute atomic E-state index is 0.203. The van der Waals surface area contributed by atoms with Gasteiger partial charge in [0.25, 0.3) is 5.22 Å². The van der Waals surface area contributed by atoms with E-state index in [1.165, 1.54) is 23.9 Å². The maximum absolute atomic E-state index is 12.6. The predicted molar refractivity (Wildman–Crippen MR) is 102 cm³/mol. The molecule has 0 saturated heterocycles.